The monoisotopic (exact) mass is 381 g/mol. The number of nitrogens with zero attached hydrogens (tertiary/aromatic N) is 5. The van der Waals surface area contributed by atoms with E-state index in [9.17, 15) is 4.79 Å². The number of hydrogen-bond acceptors (Lipinski definition) is 5. The van der Waals surface area contributed by atoms with E-state index in [-0.39, 0.29) is 10.6 Å². The van der Waals surface area contributed by atoms with Gasteiger partial charge in [0, 0.05) is 45.1 Å². The lowest BCUT2D eigenvalue weighted by atomic mass is 10.2. The van der Waals surface area contributed by atoms with Gasteiger partial charge in [-0.05, 0) is 29.8 Å². The molecule has 3 heterocycles. The lowest BCUT2D eigenvalue weighted by Crippen LogP contribution is -2.46. The van der Waals surface area contributed by atoms with Gasteiger partial charge in [0.1, 0.15) is 5.02 Å². The first-order valence-corrected chi connectivity index (χ1v) is 9.29. The Labute approximate surface area is 162 Å². The lowest BCUT2D eigenvalue weighted by Gasteiger charge is -2.36. The molecular formula is C20H20ClN5O. The minimum Gasteiger partial charge on any atom is -0.366 e. The van der Waals surface area contributed by atoms with Crippen LogP contribution in [0.25, 0.3) is 5.69 Å². The SMILES string of the molecule is O=c1c(Cl)c(N2CCN(Cc3ccncc3)CC2)cnn1-c1ccccc1. The van der Waals surface area contributed by atoms with Crippen LogP contribution in [0.3, 0.4) is 0 Å². The molecule has 1 saturated heterocycles. The molecule has 138 valence electrons. The number of aromatic nitrogens is 3. The van der Waals surface area contributed by atoms with Crippen molar-refractivity contribution in [2.45, 2.75) is 6.54 Å². The van der Waals surface area contributed by atoms with Gasteiger partial charge < -0.3 is 4.90 Å². The van der Waals surface area contributed by atoms with Crippen molar-refractivity contribution in [3.63, 3.8) is 0 Å². The molecule has 4 rings (SSSR count). The molecule has 0 bridgehead atoms. The molecule has 0 radical (unpaired) electrons. The van der Waals surface area contributed by atoms with Crippen molar-refractivity contribution in [1.29, 1.82) is 0 Å². The van der Waals surface area contributed by atoms with Crippen molar-refractivity contribution >= 4 is 17.3 Å². The van der Waals surface area contributed by atoms with Crippen LogP contribution in [0.15, 0.2) is 65.8 Å². The molecule has 0 amide bonds. The lowest BCUT2D eigenvalue weighted by molar-refractivity contribution is 0.249. The maximum atomic E-state index is 12.7. The summed E-state index contributed by atoms with van der Waals surface area (Å²) in [5.74, 6) is 0. The minimum absolute atomic E-state index is 0.219. The summed E-state index contributed by atoms with van der Waals surface area (Å²) in [6, 6.07) is 13.4. The van der Waals surface area contributed by atoms with E-state index in [0.29, 0.717) is 11.4 Å². The normalized spacial score (nSPS) is 15.1. The van der Waals surface area contributed by atoms with E-state index in [1.807, 2.05) is 54.9 Å². The molecule has 1 aliphatic heterocycles. The second kappa shape index (κ2) is 7.90. The van der Waals surface area contributed by atoms with Gasteiger partial charge in [-0.1, -0.05) is 29.8 Å². The van der Waals surface area contributed by atoms with Crippen LogP contribution in [0.4, 0.5) is 5.69 Å². The second-order valence-electron chi connectivity index (χ2n) is 6.51. The molecule has 0 atom stereocenters. The van der Waals surface area contributed by atoms with Crippen LogP contribution in [-0.2, 0) is 6.54 Å². The highest BCUT2D eigenvalue weighted by molar-refractivity contribution is 6.33. The van der Waals surface area contributed by atoms with Gasteiger partial charge in [-0.15, -0.1) is 0 Å². The highest BCUT2D eigenvalue weighted by atomic mass is 35.5. The van der Waals surface area contributed by atoms with Crippen molar-refractivity contribution in [3.8, 4) is 5.69 Å². The largest absolute Gasteiger partial charge is 0.366 e. The van der Waals surface area contributed by atoms with Crippen molar-refractivity contribution in [2.24, 2.45) is 0 Å². The van der Waals surface area contributed by atoms with E-state index < -0.39 is 0 Å². The minimum atomic E-state index is -0.292. The zero-order valence-corrected chi connectivity index (χ0v) is 15.6. The summed E-state index contributed by atoms with van der Waals surface area (Å²) in [5, 5.41) is 4.55. The van der Waals surface area contributed by atoms with Gasteiger partial charge in [0.25, 0.3) is 5.56 Å². The van der Waals surface area contributed by atoms with E-state index in [2.05, 4.69) is 19.9 Å². The summed E-state index contributed by atoms with van der Waals surface area (Å²) in [4.78, 5) is 21.2. The fraction of sp³-hybridized carbons (Fsp3) is 0.250. The van der Waals surface area contributed by atoms with Crippen molar-refractivity contribution in [2.75, 3.05) is 31.1 Å². The fourth-order valence-corrected chi connectivity index (χ4v) is 3.54. The first-order valence-electron chi connectivity index (χ1n) is 8.92. The van der Waals surface area contributed by atoms with E-state index in [1.54, 1.807) is 6.20 Å². The Morgan fingerprint density at radius 1 is 0.963 bits per heavy atom. The number of piperazine rings is 1. The van der Waals surface area contributed by atoms with Gasteiger partial charge in [-0.3, -0.25) is 14.7 Å². The van der Waals surface area contributed by atoms with Gasteiger partial charge in [0.15, 0.2) is 0 Å². The van der Waals surface area contributed by atoms with E-state index in [1.165, 1.54) is 10.2 Å². The van der Waals surface area contributed by atoms with Gasteiger partial charge >= 0.3 is 0 Å². The molecule has 2 aromatic heterocycles. The van der Waals surface area contributed by atoms with Crippen LogP contribution in [-0.4, -0.2) is 45.8 Å². The van der Waals surface area contributed by atoms with Gasteiger partial charge in [-0.25, -0.2) is 0 Å². The molecular weight excluding hydrogens is 362 g/mol. The van der Waals surface area contributed by atoms with Crippen LogP contribution in [0.2, 0.25) is 5.02 Å². The maximum absolute atomic E-state index is 12.7. The summed E-state index contributed by atoms with van der Waals surface area (Å²) < 4.78 is 1.34. The summed E-state index contributed by atoms with van der Waals surface area (Å²) in [6.07, 6.45) is 5.33. The molecule has 1 fully saturated rings. The number of halogens is 1. The molecule has 7 heteroatoms. The zero-order chi connectivity index (χ0) is 18.6. The molecule has 0 unspecified atom stereocenters. The first kappa shape index (κ1) is 17.7. The summed E-state index contributed by atoms with van der Waals surface area (Å²) in [7, 11) is 0. The first-order chi connectivity index (χ1) is 13.2. The number of benzene rings is 1. The molecule has 0 saturated carbocycles. The Morgan fingerprint density at radius 2 is 1.67 bits per heavy atom. The average molecular weight is 382 g/mol. The predicted octanol–water partition coefficient (Wildman–Crippen LogP) is 2.60. The van der Waals surface area contributed by atoms with Gasteiger partial charge in [-0.2, -0.15) is 9.78 Å². The van der Waals surface area contributed by atoms with Crippen LogP contribution in [0, 0.1) is 0 Å². The topological polar surface area (TPSA) is 54.3 Å². The zero-order valence-electron chi connectivity index (χ0n) is 14.8. The maximum Gasteiger partial charge on any atom is 0.292 e. The van der Waals surface area contributed by atoms with Crippen molar-refractivity contribution in [3.05, 3.63) is 82.0 Å². The molecule has 6 nitrogen and oxygen atoms in total. The third-order valence-corrected chi connectivity index (χ3v) is 5.13. The Balaban J connectivity index is 1.47. The Morgan fingerprint density at radius 3 is 2.37 bits per heavy atom. The number of anilines is 1. The Bertz CT molecular complexity index is 953. The molecule has 1 aromatic carbocycles. The van der Waals surface area contributed by atoms with Crippen molar-refractivity contribution < 1.29 is 0 Å². The summed E-state index contributed by atoms with van der Waals surface area (Å²) in [6.45, 7) is 4.32. The fourth-order valence-electron chi connectivity index (χ4n) is 3.29. The third-order valence-electron chi connectivity index (χ3n) is 4.77. The van der Waals surface area contributed by atoms with Gasteiger partial charge in [0.05, 0.1) is 17.6 Å². The number of rotatable bonds is 4. The highest BCUT2D eigenvalue weighted by Crippen LogP contribution is 2.23. The Hall–Kier alpha value is -2.70. The average Bonchev–Trinajstić information content (AvgIpc) is 2.72. The number of pyridine rings is 1. The molecule has 0 spiro atoms. The predicted molar refractivity (Wildman–Crippen MR) is 107 cm³/mol. The van der Waals surface area contributed by atoms with Crippen LogP contribution in [0.5, 0.6) is 0 Å². The quantitative estimate of drug-likeness (QED) is 0.695. The van der Waals surface area contributed by atoms with Crippen LogP contribution in [0.1, 0.15) is 5.56 Å². The Kier molecular flexibility index (Phi) is 5.18. The summed E-state index contributed by atoms with van der Waals surface area (Å²) in [5.41, 5.74) is 2.37. The number of para-hydroxylation sites is 1. The van der Waals surface area contributed by atoms with E-state index in [0.717, 1.165) is 32.7 Å². The molecule has 1 aliphatic rings. The van der Waals surface area contributed by atoms with Crippen LogP contribution < -0.4 is 10.5 Å². The standard InChI is InChI=1S/C20H20ClN5O/c21-19-18(14-23-26(20(19)27)17-4-2-1-3-5-17)25-12-10-24(11-13-25)15-16-6-8-22-9-7-16/h1-9,14H,10-13,15H2. The van der Waals surface area contributed by atoms with E-state index >= 15 is 0 Å². The highest BCUT2D eigenvalue weighted by Gasteiger charge is 2.21. The molecule has 3 aromatic rings. The van der Waals surface area contributed by atoms with Gasteiger partial charge in [0.2, 0.25) is 0 Å². The number of hydrogen-bond donors (Lipinski definition) is 0. The van der Waals surface area contributed by atoms with E-state index in [4.69, 9.17) is 11.6 Å². The third kappa shape index (κ3) is 3.86. The molecule has 27 heavy (non-hydrogen) atoms. The van der Waals surface area contributed by atoms with Crippen LogP contribution >= 0.6 is 11.6 Å². The smallest absolute Gasteiger partial charge is 0.292 e. The molecule has 0 N–H and O–H groups in total. The molecule has 0 aliphatic carbocycles. The second-order valence-corrected chi connectivity index (χ2v) is 6.89. The summed E-state index contributed by atoms with van der Waals surface area (Å²) >= 11 is 6.41. The van der Waals surface area contributed by atoms with Crippen molar-refractivity contribution in [1.82, 2.24) is 19.7 Å².